The molecule has 0 aromatic heterocycles. The normalized spacial score (nSPS) is 38.4. The van der Waals surface area contributed by atoms with Gasteiger partial charge in [-0.25, -0.2) is 0 Å². The van der Waals surface area contributed by atoms with E-state index in [0.29, 0.717) is 19.1 Å². The number of rotatable bonds is 1. The van der Waals surface area contributed by atoms with Crippen LogP contribution in [0.15, 0.2) is 0 Å². The molecule has 13 heavy (non-hydrogen) atoms. The molecule has 2 aliphatic heterocycles. The highest BCUT2D eigenvalue weighted by Crippen LogP contribution is 2.39. The molecule has 4 heteroatoms. The van der Waals surface area contributed by atoms with Crippen LogP contribution in [0.1, 0.15) is 6.42 Å². The van der Waals surface area contributed by atoms with Crippen molar-refractivity contribution < 1.29 is 14.3 Å². The first-order valence-electron chi connectivity index (χ1n) is 4.66. The van der Waals surface area contributed by atoms with Crippen LogP contribution >= 0.6 is 0 Å². The highest BCUT2D eigenvalue weighted by atomic mass is 16.5. The summed E-state index contributed by atoms with van der Waals surface area (Å²) in [5.41, 5.74) is -0.299. The summed E-state index contributed by atoms with van der Waals surface area (Å²) in [5, 5.41) is 3.24. The summed E-state index contributed by atoms with van der Waals surface area (Å²) < 4.78 is 10.2. The molecule has 0 aromatic carbocycles. The fraction of sp³-hybridized carbons (Fsp3) is 0.889. The van der Waals surface area contributed by atoms with Gasteiger partial charge in [-0.15, -0.1) is 0 Å². The molecule has 2 fully saturated rings. The first-order chi connectivity index (χ1) is 6.29. The SMILES string of the molecule is COC(=O)[C@@]12CCOC[C@@H]1CNC2. The standard InChI is InChI=1S/C9H15NO3/c1-12-8(11)9-2-3-13-5-7(9)4-10-6-9/h7,10H,2-6H2,1H3/t7-,9+/m0/s1. The Kier molecular flexibility index (Phi) is 2.26. The molecular weight excluding hydrogens is 170 g/mol. The van der Waals surface area contributed by atoms with Crippen LogP contribution < -0.4 is 5.32 Å². The maximum absolute atomic E-state index is 11.7. The largest absolute Gasteiger partial charge is 0.469 e. The Balaban J connectivity index is 2.20. The number of nitrogens with one attached hydrogen (secondary N) is 1. The first-order valence-corrected chi connectivity index (χ1v) is 4.66. The number of hydrogen-bond acceptors (Lipinski definition) is 4. The van der Waals surface area contributed by atoms with E-state index in [4.69, 9.17) is 9.47 Å². The lowest BCUT2D eigenvalue weighted by Crippen LogP contribution is -2.45. The van der Waals surface area contributed by atoms with Crippen molar-refractivity contribution in [1.82, 2.24) is 5.32 Å². The highest BCUT2D eigenvalue weighted by Gasteiger charge is 2.51. The lowest BCUT2D eigenvalue weighted by Gasteiger charge is -2.35. The van der Waals surface area contributed by atoms with Crippen molar-refractivity contribution in [3.63, 3.8) is 0 Å². The van der Waals surface area contributed by atoms with Crippen LogP contribution in [0.5, 0.6) is 0 Å². The molecule has 0 spiro atoms. The average Bonchev–Trinajstić information content (AvgIpc) is 2.61. The van der Waals surface area contributed by atoms with Gasteiger partial charge in [0.1, 0.15) is 0 Å². The monoisotopic (exact) mass is 185 g/mol. The topological polar surface area (TPSA) is 47.6 Å². The summed E-state index contributed by atoms with van der Waals surface area (Å²) in [6.45, 7) is 2.97. The van der Waals surface area contributed by atoms with E-state index < -0.39 is 0 Å². The van der Waals surface area contributed by atoms with Gasteiger partial charge in [0.15, 0.2) is 0 Å². The van der Waals surface area contributed by atoms with Gasteiger partial charge in [0, 0.05) is 25.6 Å². The van der Waals surface area contributed by atoms with Gasteiger partial charge in [0.05, 0.1) is 19.1 Å². The Morgan fingerprint density at radius 1 is 1.69 bits per heavy atom. The number of carbonyl (C=O) groups excluding carboxylic acids is 1. The Morgan fingerprint density at radius 2 is 2.54 bits per heavy atom. The zero-order valence-corrected chi connectivity index (χ0v) is 7.84. The summed E-state index contributed by atoms with van der Waals surface area (Å²) in [4.78, 5) is 11.7. The fourth-order valence-electron chi connectivity index (χ4n) is 2.34. The van der Waals surface area contributed by atoms with Gasteiger partial charge in [0.25, 0.3) is 0 Å². The predicted molar refractivity (Wildman–Crippen MR) is 46.2 cm³/mol. The maximum Gasteiger partial charge on any atom is 0.313 e. The minimum Gasteiger partial charge on any atom is -0.469 e. The maximum atomic E-state index is 11.7. The molecule has 2 heterocycles. The zero-order valence-electron chi connectivity index (χ0n) is 7.84. The molecule has 0 saturated carbocycles. The molecule has 1 N–H and O–H groups in total. The van der Waals surface area contributed by atoms with E-state index in [1.165, 1.54) is 7.11 Å². The molecule has 0 radical (unpaired) electrons. The summed E-state index contributed by atoms with van der Waals surface area (Å²) in [5.74, 6) is 0.222. The van der Waals surface area contributed by atoms with Crippen molar-refractivity contribution in [3.8, 4) is 0 Å². The van der Waals surface area contributed by atoms with Gasteiger partial charge in [-0.2, -0.15) is 0 Å². The molecule has 2 saturated heterocycles. The minimum atomic E-state index is -0.299. The van der Waals surface area contributed by atoms with Gasteiger partial charge in [-0.3, -0.25) is 4.79 Å². The molecule has 0 amide bonds. The fourth-order valence-corrected chi connectivity index (χ4v) is 2.34. The van der Waals surface area contributed by atoms with Crippen LogP contribution in [-0.2, 0) is 14.3 Å². The van der Waals surface area contributed by atoms with Crippen LogP contribution in [-0.4, -0.2) is 39.4 Å². The van der Waals surface area contributed by atoms with E-state index in [0.717, 1.165) is 19.5 Å². The summed E-state index contributed by atoms with van der Waals surface area (Å²) in [7, 11) is 1.46. The summed E-state index contributed by atoms with van der Waals surface area (Å²) in [6.07, 6.45) is 0.789. The van der Waals surface area contributed by atoms with E-state index in [1.807, 2.05) is 0 Å². The van der Waals surface area contributed by atoms with E-state index in [2.05, 4.69) is 5.32 Å². The third kappa shape index (κ3) is 1.25. The Bertz CT molecular complexity index is 219. The van der Waals surface area contributed by atoms with Gasteiger partial charge >= 0.3 is 5.97 Å². The number of esters is 1. The average molecular weight is 185 g/mol. The molecule has 4 nitrogen and oxygen atoms in total. The molecule has 0 aromatic rings. The van der Waals surface area contributed by atoms with Gasteiger partial charge in [-0.05, 0) is 6.42 Å². The van der Waals surface area contributed by atoms with Crippen molar-refractivity contribution >= 4 is 5.97 Å². The second-order valence-corrected chi connectivity index (χ2v) is 3.80. The lowest BCUT2D eigenvalue weighted by atomic mass is 9.74. The Hall–Kier alpha value is -0.610. The predicted octanol–water partition coefficient (Wildman–Crippen LogP) is -0.215. The number of hydrogen-bond donors (Lipinski definition) is 1. The molecular formula is C9H15NO3. The summed E-state index contributed by atoms with van der Waals surface area (Å²) >= 11 is 0. The van der Waals surface area contributed by atoms with E-state index in [1.54, 1.807) is 0 Å². The number of ether oxygens (including phenoxy) is 2. The van der Waals surface area contributed by atoms with E-state index in [9.17, 15) is 4.79 Å². The molecule has 2 atom stereocenters. The van der Waals surface area contributed by atoms with Crippen molar-refractivity contribution in [2.75, 3.05) is 33.4 Å². The Morgan fingerprint density at radius 3 is 3.31 bits per heavy atom. The number of fused-ring (bicyclic) bond motifs is 1. The summed E-state index contributed by atoms with van der Waals surface area (Å²) in [6, 6.07) is 0. The molecule has 0 unspecified atom stereocenters. The second-order valence-electron chi connectivity index (χ2n) is 3.80. The highest BCUT2D eigenvalue weighted by molar-refractivity contribution is 5.78. The van der Waals surface area contributed by atoms with Crippen molar-refractivity contribution in [2.45, 2.75) is 6.42 Å². The number of carbonyl (C=O) groups is 1. The third-order valence-corrected chi connectivity index (χ3v) is 3.22. The third-order valence-electron chi connectivity index (χ3n) is 3.22. The first kappa shape index (κ1) is 8.97. The second kappa shape index (κ2) is 3.27. The number of methoxy groups -OCH3 is 1. The van der Waals surface area contributed by atoms with Crippen molar-refractivity contribution in [2.24, 2.45) is 11.3 Å². The minimum absolute atomic E-state index is 0.0780. The van der Waals surface area contributed by atoms with Crippen LogP contribution in [0.3, 0.4) is 0 Å². The van der Waals surface area contributed by atoms with Gasteiger partial charge in [0.2, 0.25) is 0 Å². The molecule has 2 rings (SSSR count). The van der Waals surface area contributed by atoms with Gasteiger partial charge < -0.3 is 14.8 Å². The van der Waals surface area contributed by atoms with E-state index >= 15 is 0 Å². The van der Waals surface area contributed by atoms with Crippen LogP contribution in [0.4, 0.5) is 0 Å². The molecule has 2 aliphatic rings. The lowest BCUT2D eigenvalue weighted by molar-refractivity contribution is -0.161. The van der Waals surface area contributed by atoms with Crippen LogP contribution in [0.25, 0.3) is 0 Å². The Labute approximate surface area is 77.6 Å². The van der Waals surface area contributed by atoms with Crippen LogP contribution in [0.2, 0.25) is 0 Å². The smallest absolute Gasteiger partial charge is 0.313 e. The van der Waals surface area contributed by atoms with E-state index in [-0.39, 0.29) is 11.4 Å². The zero-order chi connectivity index (χ0) is 9.31. The van der Waals surface area contributed by atoms with Gasteiger partial charge in [-0.1, -0.05) is 0 Å². The quantitative estimate of drug-likeness (QED) is 0.574. The van der Waals surface area contributed by atoms with Crippen molar-refractivity contribution in [3.05, 3.63) is 0 Å². The molecule has 0 aliphatic carbocycles. The van der Waals surface area contributed by atoms with Crippen molar-refractivity contribution in [1.29, 1.82) is 0 Å². The van der Waals surface area contributed by atoms with Crippen LogP contribution in [0, 0.1) is 11.3 Å². The molecule has 74 valence electrons. The molecule has 0 bridgehead atoms.